The lowest BCUT2D eigenvalue weighted by Crippen LogP contribution is -2.53. The Labute approximate surface area is 102 Å². The monoisotopic (exact) mass is 259 g/mol. The number of benzene rings is 1. The first-order valence-electron chi connectivity index (χ1n) is 5.41. The number of carbonyl (C=O) groups is 1. The van der Waals surface area contributed by atoms with Gasteiger partial charge in [-0.25, -0.2) is 0 Å². The Hall–Kier alpha value is -1.56. The molecule has 1 saturated heterocycles. The van der Waals surface area contributed by atoms with E-state index in [1.807, 2.05) is 6.92 Å². The van der Waals surface area contributed by atoms with E-state index in [0.717, 1.165) is 5.56 Å². The summed E-state index contributed by atoms with van der Waals surface area (Å²) in [6.07, 6.45) is -5.57. The fourth-order valence-corrected chi connectivity index (χ4v) is 1.98. The van der Waals surface area contributed by atoms with Gasteiger partial charge in [-0.3, -0.25) is 4.79 Å². The van der Waals surface area contributed by atoms with Crippen LogP contribution in [0.2, 0.25) is 0 Å². The van der Waals surface area contributed by atoms with Crippen molar-refractivity contribution in [1.29, 1.82) is 0 Å². The highest BCUT2D eigenvalue weighted by Gasteiger charge is 2.60. The van der Waals surface area contributed by atoms with Gasteiger partial charge in [-0.2, -0.15) is 13.2 Å². The van der Waals surface area contributed by atoms with E-state index < -0.39 is 30.1 Å². The molecule has 0 saturated carbocycles. The number of aliphatic hydroxyl groups is 1. The number of amides is 1. The van der Waals surface area contributed by atoms with E-state index in [9.17, 15) is 23.1 Å². The molecule has 3 nitrogen and oxygen atoms in total. The van der Waals surface area contributed by atoms with Gasteiger partial charge in [0.05, 0.1) is 5.92 Å². The summed E-state index contributed by atoms with van der Waals surface area (Å²) in [6.45, 7) is 1.84. The van der Waals surface area contributed by atoms with Crippen LogP contribution in [-0.4, -0.2) is 22.9 Å². The van der Waals surface area contributed by atoms with Crippen LogP contribution in [0.1, 0.15) is 23.5 Å². The minimum absolute atomic E-state index is 0.471. The van der Waals surface area contributed by atoms with Gasteiger partial charge >= 0.3 is 6.18 Å². The molecule has 1 aromatic rings. The van der Waals surface area contributed by atoms with Crippen LogP contribution < -0.4 is 5.32 Å². The van der Waals surface area contributed by atoms with Crippen molar-refractivity contribution >= 4 is 5.91 Å². The van der Waals surface area contributed by atoms with E-state index in [2.05, 4.69) is 0 Å². The number of carbonyl (C=O) groups excluding carboxylic acids is 1. The summed E-state index contributed by atoms with van der Waals surface area (Å²) in [6, 6.07) is 6.63. The standard InChI is InChI=1S/C12H12F3NO2/c1-7-2-4-8(5-3-7)9-6-11(18,12(13,14)15)16-10(9)17/h2-5,9,18H,6H2,1H3,(H,16,17). The molecular weight excluding hydrogens is 247 g/mol. The number of hydrogen-bond donors (Lipinski definition) is 2. The molecule has 98 valence electrons. The summed E-state index contributed by atoms with van der Waals surface area (Å²) in [4.78, 5) is 11.6. The second-order valence-electron chi connectivity index (χ2n) is 4.51. The Morgan fingerprint density at radius 2 is 1.89 bits per heavy atom. The second kappa shape index (κ2) is 3.98. The van der Waals surface area contributed by atoms with E-state index in [4.69, 9.17) is 0 Å². The SMILES string of the molecule is Cc1ccc(C2CC(O)(C(F)(F)F)NC2=O)cc1. The minimum Gasteiger partial charge on any atom is -0.363 e. The lowest BCUT2D eigenvalue weighted by atomic mass is 9.93. The smallest absolute Gasteiger partial charge is 0.363 e. The van der Waals surface area contributed by atoms with Gasteiger partial charge in [0, 0.05) is 6.42 Å². The van der Waals surface area contributed by atoms with Crippen molar-refractivity contribution in [3.8, 4) is 0 Å². The highest BCUT2D eigenvalue weighted by molar-refractivity contribution is 5.86. The molecule has 0 radical (unpaired) electrons. The molecule has 1 aliphatic heterocycles. The van der Waals surface area contributed by atoms with Gasteiger partial charge < -0.3 is 10.4 Å². The van der Waals surface area contributed by atoms with Gasteiger partial charge in [0.25, 0.3) is 0 Å². The minimum atomic E-state index is -4.87. The molecule has 2 unspecified atom stereocenters. The van der Waals surface area contributed by atoms with E-state index in [-0.39, 0.29) is 0 Å². The predicted octanol–water partition coefficient (Wildman–Crippen LogP) is 1.85. The topological polar surface area (TPSA) is 49.3 Å². The first-order chi connectivity index (χ1) is 8.23. The molecule has 1 heterocycles. The highest BCUT2D eigenvalue weighted by Crippen LogP contribution is 2.41. The Bertz CT molecular complexity index is 469. The second-order valence-corrected chi connectivity index (χ2v) is 4.51. The van der Waals surface area contributed by atoms with Gasteiger partial charge in [-0.15, -0.1) is 0 Å². The summed E-state index contributed by atoms with van der Waals surface area (Å²) in [5, 5.41) is 11.1. The van der Waals surface area contributed by atoms with Crippen molar-refractivity contribution in [1.82, 2.24) is 5.32 Å². The molecule has 2 atom stereocenters. The van der Waals surface area contributed by atoms with Gasteiger partial charge in [0.2, 0.25) is 11.6 Å². The van der Waals surface area contributed by atoms with Crippen molar-refractivity contribution in [2.24, 2.45) is 0 Å². The summed E-state index contributed by atoms with van der Waals surface area (Å²) >= 11 is 0. The average molecular weight is 259 g/mol. The Kier molecular flexibility index (Phi) is 2.85. The van der Waals surface area contributed by atoms with Gasteiger partial charge in [0.1, 0.15) is 0 Å². The van der Waals surface area contributed by atoms with Crippen LogP contribution in [0.25, 0.3) is 0 Å². The first kappa shape index (κ1) is 12.9. The van der Waals surface area contributed by atoms with Crippen LogP contribution in [-0.2, 0) is 4.79 Å². The fraction of sp³-hybridized carbons (Fsp3) is 0.417. The lowest BCUT2D eigenvalue weighted by Gasteiger charge is -2.25. The van der Waals surface area contributed by atoms with Crippen LogP contribution in [0.4, 0.5) is 13.2 Å². The molecule has 1 fully saturated rings. The molecule has 1 amide bonds. The fourth-order valence-electron chi connectivity index (χ4n) is 1.98. The number of hydrogen-bond acceptors (Lipinski definition) is 2. The molecular formula is C12H12F3NO2. The number of nitrogens with one attached hydrogen (secondary N) is 1. The maximum absolute atomic E-state index is 12.6. The zero-order chi connectivity index (χ0) is 13.6. The molecule has 0 bridgehead atoms. The van der Waals surface area contributed by atoms with E-state index in [1.54, 1.807) is 29.6 Å². The van der Waals surface area contributed by atoms with Crippen molar-refractivity contribution in [2.75, 3.05) is 0 Å². The molecule has 0 spiro atoms. The third-order valence-corrected chi connectivity index (χ3v) is 3.09. The Balaban J connectivity index is 2.28. The van der Waals surface area contributed by atoms with Crippen LogP contribution >= 0.6 is 0 Å². The molecule has 18 heavy (non-hydrogen) atoms. The van der Waals surface area contributed by atoms with Crippen LogP contribution in [0.5, 0.6) is 0 Å². The Morgan fingerprint density at radius 3 is 2.33 bits per heavy atom. The zero-order valence-corrected chi connectivity index (χ0v) is 9.58. The largest absolute Gasteiger partial charge is 0.436 e. The first-order valence-corrected chi connectivity index (χ1v) is 5.41. The molecule has 0 aromatic heterocycles. The van der Waals surface area contributed by atoms with E-state index in [0.29, 0.717) is 5.56 Å². The van der Waals surface area contributed by atoms with Gasteiger partial charge in [0.15, 0.2) is 0 Å². The number of alkyl halides is 3. The number of halogens is 3. The third kappa shape index (κ3) is 2.08. The summed E-state index contributed by atoms with van der Waals surface area (Å²) < 4.78 is 37.8. The summed E-state index contributed by atoms with van der Waals surface area (Å²) in [5.74, 6) is -1.78. The van der Waals surface area contributed by atoms with Gasteiger partial charge in [-0.1, -0.05) is 29.8 Å². The number of aryl methyl sites for hydroxylation is 1. The van der Waals surface area contributed by atoms with E-state index in [1.165, 1.54) is 0 Å². The van der Waals surface area contributed by atoms with Crippen LogP contribution in [0.3, 0.4) is 0 Å². The average Bonchev–Trinajstić information content (AvgIpc) is 2.56. The maximum atomic E-state index is 12.6. The quantitative estimate of drug-likeness (QED) is 0.808. The molecule has 1 aliphatic rings. The van der Waals surface area contributed by atoms with Crippen molar-refractivity contribution in [3.63, 3.8) is 0 Å². The number of rotatable bonds is 1. The Morgan fingerprint density at radius 1 is 1.33 bits per heavy atom. The normalized spacial score (nSPS) is 28.3. The zero-order valence-electron chi connectivity index (χ0n) is 9.58. The third-order valence-electron chi connectivity index (χ3n) is 3.09. The van der Waals surface area contributed by atoms with Crippen molar-refractivity contribution in [2.45, 2.75) is 31.2 Å². The summed E-state index contributed by atoms with van der Waals surface area (Å²) in [5.41, 5.74) is -1.71. The van der Waals surface area contributed by atoms with Crippen LogP contribution in [0.15, 0.2) is 24.3 Å². The maximum Gasteiger partial charge on any atom is 0.436 e. The lowest BCUT2D eigenvalue weighted by molar-refractivity contribution is -0.266. The molecule has 1 aromatic carbocycles. The van der Waals surface area contributed by atoms with E-state index >= 15 is 0 Å². The molecule has 6 heteroatoms. The van der Waals surface area contributed by atoms with Crippen molar-refractivity contribution < 1.29 is 23.1 Å². The molecule has 2 N–H and O–H groups in total. The molecule has 2 rings (SSSR count). The predicted molar refractivity (Wildman–Crippen MR) is 57.7 cm³/mol. The van der Waals surface area contributed by atoms with Crippen LogP contribution in [0, 0.1) is 6.92 Å². The molecule has 0 aliphatic carbocycles. The van der Waals surface area contributed by atoms with Crippen molar-refractivity contribution in [3.05, 3.63) is 35.4 Å². The summed E-state index contributed by atoms with van der Waals surface area (Å²) in [7, 11) is 0. The highest BCUT2D eigenvalue weighted by atomic mass is 19.4. The van der Waals surface area contributed by atoms with Gasteiger partial charge in [-0.05, 0) is 12.5 Å².